The van der Waals surface area contributed by atoms with Crippen LogP contribution in [0.2, 0.25) is 0 Å². The van der Waals surface area contributed by atoms with Gasteiger partial charge in [-0.05, 0) is 54.3 Å². The summed E-state index contributed by atoms with van der Waals surface area (Å²) in [5.74, 6) is 0. The van der Waals surface area contributed by atoms with Crippen LogP contribution in [-0.2, 0) is 20.1 Å². The molecule has 0 saturated carbocycles. The van der Waals surface area contributed by atoms with E-state index in [9.17, 15) is 0 Å². The molecule has 0 unspecified atom stereocenters. The molecule has 0 radical (unpaired) electrons. The molecule has 1 aliphatic heterocycles. The maximum Gasteiger partial charge on any atom is 3.00 e. The van der Waals surface area contributed by atoms with E-state index in [2.05, 4.69) is 130 Å². The first-order valence-corrected chi connectivity index (χ1v) is 14.1. The minimum Gasteiger partial charge on any atom is -0.504 e. The Balaban J connectivity index is 0.000000182. The molecule has 9 rings (SSSR count). The van der Waals surface area contributed by atoms with Crippen molar-refractivity contribution in [2.24, 2.45) is 0 Å². The number of aryl methyl sites for hydroxylation is 1. The van der Waals surface area contributed by atoms with Gasteiger partial charge in [0.2, 0.25) is 0 Å². The topological polar surface area (TPSA) is 23.8 Å². The zero-order valence-electron chi connectivity index (χ0n) is 23.7. The van der Waals surface area contributed by atoms with Crippen molar-refractivity contribution in [3.63, 3.8) is 0 Å². The van der Waals surface area contributed by atoms with Crippen LogP contribution in [0.25, 0.3) is 49.4 Å². The Bertz CT molecular complexity index is 2200. The second kappa shape index (κ2) is 10.9. The summed E-state index contributed by atoms with van der Waals surface area (Å²) in [4.78, 5) is 8.70. The fourth-order valence-corrected chi connectivity index (χ4v) is 6.11. The number of benzene rings is 5. The molecule has 1 aliphatic rings. The predicted molar refractivity (Wildman–Crippen MR) is 174 cm³/mol. The largest absolute Gasteiger partial charge is 3.00 e. The third-order valence-electron chi connectivity index (χ3n) is 8.08. The minimum atomic E-state index is 0. The molecule has 5 heteroatoms. The van der Waals surface area contributed by atoms with E-state index in [4.69, 9.17) is 0 Å². The normalized spacial score (nSPS) is 12.5. The number of nitrogens with zero attached hydrogens (tertiary/aromatic N) is 4. The summed E-state index contributed by atoms with van der Waals surface area (Å²) in [5.41, 5.74) is 10.4. The van der Waals surface area contributed by atoms with Crippen LogP contribution in [0.15, 0.2) is 121 Å². The van der Waals surface area contributed by atoms with Crippen molar-refractivity contribution in [3.8, 4) is 11.3 Å². The van der Waals surface area contributed by atoms with Gasteiger partial charge in [0.25, 0.3) is 0 Å². The van der Waals surface area contributed by atoms with Gasteiger partial charge in [0.1, 0.15) is 0 Å². The number of aromatic nitrogens is 2. The number of hydrogen-bond donors (Lipinski definition) is 0. The summed E-state index contributed by atoms with van der Waals surface area (Å²) < 4.78 is 2.39. The van der Waals surface area contributed by atoms with Gasteiger partial charge in [-0.2, -0.15) is 6.67 Å². The van der Waals surface area contributed by atoms with E-state index in [1.54, 1.807) is 0 Å². The molecular weight excluding hydrogens is 705 g/mol. The fourth-order valence-electron chi connectivity index (χ4n) is 6.11. The second-order valence-electron chi connectivity index (χ2n) is 10.7. The number of pyridine rings is 1. The molecule has 0 atom stereocenters. The third kappa shape index (κ3) is 4.44. The maximum atomic E-state index is 4.32. The van der Waals surface area contributed by atoms with E-state index >= 15 is 0 Å². The van der Waals surface area contributed by atoms with Crippen LogP contribution < -0.4 is 9.80 Å². The number of fused-ring (bicyclic) bond motifs is 7. The first-order valence-electron chi connectivity index (χ1n) is 14.1. The molecule has 0 N–H and O–H groups in total. The van der Waals surface area contributed by atoms with Gasteiger partial charge in [-0.3, -0.25) is 0 Å². The molecule has 208 valence electrons. The molecule has 0 bridgehead atoms. The zero-order chi connectivity index (χ0) is 28.2. The molecule has 8 aromatic rings. The molecule has 3 aromatic heterocycles. The van der Waals surface area contributed by atoms with Crippen LogP contribution in [0.1, 0.15) is 5.56 Å². The third-order valence-corrected chi connectivity index (χ3v) is 8.08. The maximum absolute atomic E-state index is 4.32. The number of rotatable bonds is 2. The van der Waals surface area contributed by atoms with Crippen LogP contribution >= 0.6 is 0 Å². The van der Waals surface area contributed by atoms with Gasteiger partial charge in [0, 0.05) is 34.0 Å². The van der Waals surface area contributed by atoms with Crippen LogP contribution in [0, 0.1) is 25.7 Å². The summed E-state index contributed by atoms with van der Waals surface area (Å²) in [6.45, 7) is 4.17. The van der Waals surface area contributed by atoms with Crippen molar-refractivity contribution in [3.05, 3.63) is 146 Å². The van der Waals surface area contributed by atoms with Gasteiger partial charge >= 0.3 is 20.1 Å². The van der Waals surface area contributed by atoms with Crippen molar-refractivity contribution < 1.29 is 20.1 Å². The van der Waals surface area contributed by atoms with E-state index in [1.807, 2.05) is 43.5 Å². The van der Waals surface area contributed by atoms with E-state index < -0.39 is 0 Å². The molecule has 0 aliphatic carbocycles. The van der Waals surface area contributed by atoms with Crippen molar-refractivity contribution in [2.75, 3.05) is 16.8 Å². The van der Waals surface area contributed by atoms with Gasteiger partial charge in [0.05, 0.1) is 0 Å². The van der Waals surface area contributed by atoms with Crippen LogP contribution in [0.4, 0.5) is 17.1 Å². The molecule has 0 saturated heterocycles. The number of anilines is 3. The monoisotopic (exact) mass is 732 g/mol. The standard InChI is InChI=1S/C26H17N3.C12H10N.Ir/c1-27-16-28(25-12-5-4-11-24(25)27)17-13-14-23-21(15-17)20-9-6-8-19-18-7-2-3-10-22(18)29(23)26(19)20;1-10-7-8-12(13-9-10)11-5-3-2-4-6-11;/h2-14,16H,1H3;2-5,7-9H,1H3;/q-2;-1;+3. The van der Waals surface area contributed by atoms with E-state index in [-0.39, 0.29) is 20.1 Å². The van der Waals surface area contributed by atoms with Crippen molar-refractivity contribution in [1.29, 1.82) is 0 Å². The van der Waals surface area contributed by atoms with Crippen LogP contribution in [0.5, 0.6) is 0 Å². The summed E-state index contributed by atoms with van der Waals surface area (Å²) in [6.07, 6.45) is 1.87. The smallest absolute Gasteiger partial charge is 0.504 e. The van der Waals surface area contributed by atoms with E-state index in [1.165, 1.54) is 55.0 Å². The molecule has 0 spiro atoms. The summed E-state index contributed by atoms with van der Waals surface area (Å²) >= 11 is 0. The predicted octanol–water partition coefficient (Wildman–Crippen LogP) is 9.20. The Labute approximate surface area is 264 Å². The van der Waals surface area contributed by atoms with Gasteiger partial charge < -0.3 is 19.2 Å². The van der Waals surface area contributed by atoms with Crippen molar-refractivity contribution in [1.82, 2.24) is 9.38 Å². The first-order chi connectivity index (χ1) is 20.7. The molecule has 5 aromatic carbocycles. The Morgan fingerprint density at radius 2 is 1.47 bits per heavy atom. The SMILES string of the molecule is CN1[CH-]N(c2[c-]c3c4cccc5c6ccccc6n(c3cc2)c45)c2ccccc21.Cc1ccc(-c2[c-]cccc2)nc1.[Ir+3]. The number of para-hydroxylation sites is 4. The van der Waals surface area contributed by atoms with Crippen molar-refractivity contribution >= 4 is 55.2 Å². The zero-order valence-corrected chi connectivity index (χ0v) is 26.1. The van der Waals surface area contributed by atoms with Gasteiger partial charge in [0.15, 0.2) is 0 Å². The van der Waals surface area contributed by atoms with Crippen molar-refractivity contribution in [2.45, 2.75) is 6.92 Å². The molecule has 4 nitrogen and oxygen atoms in total. The second-order valence-corrected chi connectivity index (χ2v) is 10.7. The molecule has 43 heavy (non-hydrogen) atoms. The Morgan fingerprint density at radius 1 is 0.698 bits per heavy atom. The molecule has 0 fully saturated rings. The molecule has 0 amide bonds. The van der Waals surface area contributed by atoms with E-state index in [0.717, 1.165) is 16.9 Å². The van der Waals surface area contributed by atoms with Gasteiger partial charge in [-0.1, -0.05) is 71.7 Å². The van der Waals surface area contributed by atoms with E-state index in [0.29, 0.717) is 0 Å². The number of hydrogen-bond acceptors (Lipinski definition) is 3. The Morgan fingerprint density at radius 3 is 2.28 bits per heavy atom. The van der Waals surface area contributed by atoms with Gasteiger partial charge in [-0.15, -0.1) is 59.5 Å². The minimum absolute atomic E-state index is 0. The Hall–Kier alpha value is -4.70. The Kier molecular flexibility index (Phi) is 6.85. The average Bonchev–Trinajstić information content (AvgIpc) is 3.69. The van der Waals surface area contributed by atoms with Gasteiger partial charge in [-0.25, -0.2) is 0 Å². The summed E-state index contributed by atoms with van der Waals surface area (Å²) in [7, 11) is 2.09. The average molecular weight is 732 g/mol. The van der Waals surface area contributed by atoms with Crippen LogP contribution in [0.3, 0.4) is 0 Å². The molecule has 4 heterocycles. The quantitative estimate of drug-likeness (QED) is 0.166. The summed E-state index contributed by atoms with van der Waals surface area (Å²) in [6, 6.07) is 47.0. The summed E-state index contributed by atoms with van der Waals surface area (Å²) in [5, 5.41) is 5.05. The fraction of sp³-hybridized carbons (Fsp3) is 0.0526. The molecular formula is C38H27IrN4. The first kappa shape index (κ1) is 27.2. The van der Waals surface area contributed by atoms with Crippen LogP contribution in [-0.4, -0.2) is 16.4 Å².